The van der Waals surface area contributed by atoms with Crippen molar-refractivity contribution in [3.63, 3.8) is 0 Å². The van der Waals surface area contributed by atoms with Gasteiger partial charge >= 0.3 is 0 Å². The third-order valence-corrected chi connectivity index (χ3v) is 6.63. The maximum Gasteiger partial charge on any atom is 0.272 e. The van der Waals surface area contributed by atoms with Gasteiger partial charge in [0.1, 0.15) is 10.6 Å². The summed E-state index contributed by atoms with van der Waals surface area (Å²) in [5, 5.41) is 3.33. The maximum atomic E-state index is 12.9. The van der Waals surface area contributed by atoms with Gasteiger partial charge in [-0.15, -0.1) is 0 Å². The molecular weight excluding hydrogens is 374 g/mol. The van der Waals surface area contributed by atoms with E-state index in [-0.39, 0.29) is 16.5 Å². The highest BCUT2D eigenvalue weighted by Gasteiger charge is 2.27. The lowest BCUT2D eigenvalue weighted by atomic mass is 10.2. The molecule has 1 aromatic heterocycles. The number of nitrogens with zero attached hydrogens (tertiary/aromatic N) is 2. The van der Waals surface area contributed by atoms with Crippen molar-refractivity contribution in [2.75, 3.05) is 18.4 Å². The lowest BCUT2D eigenvalue weighted by Gasteiger charge is -2.18. The average Bonchev–Trinajstić information content (AvgIpc) is 2.82. The summed E-state index contributed by atoms with van der Waals surface area (Å²) in [6, 6.07) is 8.18. The summed E-state index contributed by atoms with van der Waals surface area (Å²) in [6.07, 6.45) is 5.34. The van der Waals surface area contributed by atoms with Gasteiger partial charge in [0.2, 0.25) is 10.0 Å². The van der Waals surface area contributed by atoms with E-state index in [1.807, 2.05) is 0 Å². The van der Waals surface area contributed by atoms with E-state index in [1.54, 1.807) is 31.3 Å². The van der Waals surface area contributed by atoms with E-state index in [9.17, 15) is 13.2 Å². The minimum atomic E-state index is -3.58. The highest BCUT2D eigenvalue weighted by Crippen LogP contribution is 2.23. The summed E-state index contributed by atoms with van der Waals surface area (Å²) in [5.41, 5.74) is 0.880. The first-order chi connectivity index (χ1) is 12.4. The molecule has 140 valence electrons. The highest BCUT2D eigenvalue weighted by molar-refractivity contribution is 7.89. The molecule has 26 heavy (non-hydrogen) atoms. The van der Waals surface area contributed by atoms with Gasteiger partial charge in [-0.1, -0.05) is 24.4 Å². The third kappa shape index (κ3) is 4.11. The average molecular weight is 396 g/mol. The number of carbonyl (C=O) groups excluding carboxylic acids is 1. The first kappa shape index (κ1) is 18.9. The summed E-state index contributed by atoms with van der Waals surface area (Å²) in [6.45, 7) is 1.06. The predicted octanol–water partition coefficient (Wildman–Crippen LogP) is 3.50. The standard InChI is InChI=1S/C18H22ClN3O3S/c1-21-13-16(26(24,25)22-10-4-2-3-5-11-22)12-17(21)18(23)20-15-8-6-14(19)7-9-15/h6-9,12-13H,2-5,10-11H2,1H3,(H,20,23). The number of amides is 1. The lowest BCUT2D eigenvalue weighted by Crippen LogP contribution is -2.31. The van der Waals surface area contributed by atoms with Crippen LogP contribution in [0.15, 0.2) is 41.4 Å². The van der Waals surface area contributed by atoms with Gasteiger partial charge in [0, 0.05) is 37.0 Å². The fraction of sp³-hybridized carbons (Fsp3) is 0.389. The molecule has 0 aliphatic carbocycles. The van der Waals surface area contributed by atoms with Crippen LogP contribution in [-0.4, -0.2) is 36.3 Å². The first-order valence-corrected chi connectivity index (χ1v) is 10.4. The second-order valence-corrected chi connectivity index (χ2v) is 8.83. The number of sulfonamides is 1. The van der Waals surface area contributed by atoms with Gasteiger partial charge in [-0.3, -0.25) is 4.79 Å². The van der Waals surface area contributed by atoms with Crippen molar-refractivity contribution in [2.45, 2.75) is 30.6 Å². The zero-order valence-electron chi connectivity index (χ0n) is 14.6. The van der Waals surface area contributed by atoms with Crippen molar-refractivity contribution < 1.29 is 13.2 Å². The number of benzene rings is 1. The van der Waals surface area contributed by atoms with Gasteiger partial charge in [-0.25, -0.2) is 8.42 Å². The molecule has 0 unspecified atom stereocenters. The number of hydrogen-bond acceptors (Lipinski definition) is 3. The number of hydrogen-bond donors (Lipinski definition) is 1. The molecule has 1 saturated heterocycles. The SMILES string of the molecule is Cn1cc(S(=O)(=O)N2CCCCCC2)cc1C(=O)Nc1ccc(Cl)cc1. The highest BCUT2D eigenvalue weighted by atomic mass is 35.5. The van der Waals surface area contributed by atoms with E-state index in [0.29, 0.717) is 23.8 Å². The molecule has 1 aliphatic heterocycles. The van der Waals surface area contributed by atoms with Crippen LogP contribution in [0.25, 0.3) is 0 Å². The molecule has 1 aromatic carbocycles. The number of rotatable bonds is 4. The molecule has 6 nitrogen and oxygen atoms in total. The van der Waals surface area contributed by atoms with Crippen LogP contribution in [0.3, 0.4) is 0 Å². The monoisotopic (exact) mass is 395 g/mol. The summed E-state index contributed by atoms with van der Waals surface area (Å²) in [7, 11) is -1.92. The number of anilines is 1. The molecule has 1 amide bonds. The molecule has 0 radical (unpaired) electrons. The van der Waals surface area contributed by atoms with Crippen LogP contribution in [0.2, 0.25) is 5.02 Å². The number of nitrogens with one attached hydrogen (secondary N) is 1. The second-order valence-electron chi connectivity index (χ2n) is 6.45. The van der Waals surface area contributed by atoms with Crippen molar-refractivity contribution in [2.24, 2.45) is 7.05 Å². The summed E-state index contributed by atoms with van der Waals surface area (Å²) in [4.78, 5) is 12.7. The van der Waals surface area contributed by atoms with Crippen LogP contribution in [-0.2, 0) is 17.1 Å². The largest absolute Gasteiger partial charge is 0.345 e. The van der Waals surface area contributed by atoms with Gasteiger partial charge in [0.25, 0.3) is 5.91 Å². The van der Waals surface area contributed by atoms with Gasteiger partial charge < -0.3 is 9.88 Å². The minimum absolute atomic E-state index is 0.156. The smallest absolute Gasteiger partial charge is 0.272 e. The minimum Gasteiger partial charge on any atom is -0.345 e. The Balaban J connectivity index is 1.81. The molecule has 0 atom stereocenters. The van der Waals surface area contributed by atoms with Crippen molar-refractivity contribution in [3.8, 4) is 0 Å². The van der Waals surface area contributed by atoms with Crippen LogP contribution in [0.5, 0.6) is 0 Å². The van der Waals surface area contributed by atoms with Crippen LogP contribution < -0.4 is 5.32 Å². The van der Waals surface area contributed by atoms with E-state index in [2.05, 4.69) is 5.32 Å². The number of carbonyl (C=O) groups is 1. The molecule has 0 bridgehead atoms. The van der Waals surface area contributed by atoms with Crippen molar-refractivity contribution in [1.82, 2.24) is 8.87 Å². The molecule has 3 rings (SSSR count). The summed E-state index contributed by atoms with van der Waals surface area (Å²) >= 11 is 5.84. The molecule has 2 aromatic rings. The van der Waals surface area contributed by atoms with E-state index >= 15 is 0 Å². The van der Waals surface area contributed by atoms with E-state index in [1.165, 1.54) is 21.1 Å². The first-order valence-electron chi connectivity index (χ1n) is 8.61. The van der Waals surface area contributed by atoms with Crippen LogP contribution >= 0.6 is 11.6 Å². The van der Waals surface area contributed by atoms with Crippen molar-refractivity contribution in [1.29, 1.82) is 0 Å². The Hall–Kier alpha value is -1.83. The zero-order valence-corrected chi connectivity index (χ0v) is 16.2. The normalized spacial score (nSPS) is 16.2. The third-order valence-electron chi connectivity index (χ3n) is 4.52. The topological polar surface area (TPSA) is 71.4 Å². The molecule has 0 spiro atoms. The molecule has 0 saturated carbocycles. The Kier molecular flexibility index (Phi) is 5.70. The van der Waals surface area contributed by atoms with Gasteiger partial charge in [-0.2, -0.15) is 4.31 Å². The van der Waals surface area contributed by atoms with E-state index < -0.39 is 10.0 Å². The van der Waals surface area contributed by atoms with Gasteiger partial charge in [0.05, 0.1) is 0 Å². The zero-order chi connectivity index (χ0) is 18.7. The Labute approximate surface area is 158 Å². The number of aromatic nitrogens is 1. The number of aryl methyl sites for hydroxylation is 1. The fourth-order valence-corrected chi connectivity index (χ4v) is 4.78. The van der Waals surface area contributed by atoms with E-state index in [4.69, 9.17) is 11.6 Å². The molecule has 1 aliphatic rings. The van der Waals surface area contributed by atoms with Crippen LogP contribution in [0.4, 0.5) is 5.69 Å². The second kappa shape index (κ2) is 7.82. The van der Waals surface area contributed by atoms with Crippen molar-refractivity contribution in [3.05, 3.63) is 47.2 Å². The summed E-state index contributed by atoms with van der Waals surface area (Å²) in [5.74, 6) is -0.368. The Bertz CT molecular complexity index is 883. The molecule has 8 heteroatoms. The van der Waals surface area contributed by atoms with Gasteiger partial charge in [-0.05, 0) is 43.2 Å². The fourth-order valence-electron chi connectivity index (χ4n) is 3.06. The molecular formula is C18H22ClN3O3S. The number of halogens is 1. The summed E-state index contributed by atoms with van der Waals surface area (Å²) < 4.78 is 28.8. The van der Waals surface area contributed by atoms with Crippen LogP contribution in [0.1, 0.15) is 36.2 Å². The molecule has 1 fully saturated rings. The molecule has 1 N–H and O–H groups in total. The Morgan fingerprint density at radius 1 is 1.08 bits per heavy atom. The van der Waals surface area contributed by atoms with E-state index in [0.717, 1.165) is 25.7 Å². The Morgan fingerprint density at radius 2 is 1.69 bits per heavy atom. The maximum absolute atomic E-state index is 12.9. The molecule has 2 heterocycles. The van der Waals surface area contributed by atoms with Crippen molar-refractivity contribution >= 4 is 33.2 Å². The quantitative estimate of drug-likeness (QED) is 0.861. The lowest BCUT2D eigenvalue weighted by molar-refractivity contribution is 0.101. The Morgan fingerprint density at radius 3 is 2.31 bits per heavy atom. The van der Waals surface area contributed by atoms with Crippen LogP contribution in [0, 0.1) is 0 Å². The van der Waals surface area contributed by atoms with Gasteiger partial charge in [0.15, 0.2) is 0 Å². The predicted molar refractivity (Wildman–Crippen MR) is 102 cm³/mol.